The Morgan fingerprint density at radius 1 is 1.53 bits per heavy atom. The summed E-state index contributed by atoms with van der Waals surface area (Å²) in [4.78, 5) is 14.3. The van der Waals surface area contributed by atoms with Crippen LogP contribution in [0.15, 0.2) is 22.6 Å². The first-order valence-corrected chi connectivity index (χ1v) is 5.93. The van der Waals surface area contributed by atoms with Gasteiger partial charge in [0.25, 0.3) is 11.7 Å². The number of nitro benzene ring substituents is 1. The molecule has 0 saturated carbocycles. The molecule has 0 radical (unpaired) electrons. The summed E-state index contributed by atoms with van der Waals surface area (Å²) >= 11 is 0. The number of anilines is 1. The van der Waals surface area contributed by atoms with Crippen LogP contribution in [0.4, 0.5) is 11.7 Å². The van der Waals surface area contributed by atoms with Gasteiger partial charge in [-0.15, -0.1) is 0 Å². The molecule has 1 aromatic carbocycles. The largest absolute Gasteiger partial charge is 0.424 e. The predicted molar refractivity (Wildman–Crippen MR) is 70.0 cm³/mol. The molecule has 0 spiro atoms. The molecule has 7 nitrogen and oxygen atoms in total. The van der Waals surface area contributed by atoms with Crippen LogP contribution < -0.4 is 5.32 Å². The number of oxazole rings is 1. The molecule has 1 aromatic heterocycles. The number of benzene rings is 1. The number of aromatic nitrogens is 1. The number of rotatable bonds is 5. The number of nitrogens with zero attached hydrogens (tertiary/aromatic N) is 2. The van der Waals surface area contributed by atoms with Gasteiger partial charge in [0.15, 0.2) is 5.58 Å². The van der Waals surface area contributed by atoms with Crippen LogP contribution in [0.25, 0.3) is 11.1 Å². The van der Waals surface area contributed by atoms with Gasteiger partial charge in [-0.3, -0.25) is 10.1 Å². The second-order valence-corrected chi connectivity index (χ2v) is 4.61. The van der Waals surface area contributed by atoms with Crippen molar-refractivity contribution in [3.63, 3.8) is 0 Å². The lowest BCUT2D eigenvalue weighted by molar-refractivity contribution is -0.384. The molecule has 0 amide bonds. The van der Waals surface area contributed by atoms with Crippen molar-refractivity contribution in [1.29, 1.82) is 0 Å². The van der Waals surface area contributed by atoms with Gasteiger partial charge in [-0.2, -0.15) is 4.98 Å². The molecular formula is C12H15N3O4. The van der Waals surface area contributed by atoms with Gasteiger partial charge in [-0.1, -0.05) is 13.8 Å². The smallest absolute Gasteiger partial charge is 0.295 e. The molecule has 1 heterocycles. The maximum atomic E-state index is 10.7. The molecule has 2 rings (SSSR count). The van der Waals surface area contributed by atoms with E-state index in [2.05, 4.69) is 10.3 Å². The number of hydrogen-bond acceptors (Lipinski definition) is 6. The Labute approximate surface area is 109 Å². The summed E-state index contributed by atoms with van der Waals surface area (Å²) in [6.07, 6.45) is 0. The summed E-state index contributed by atoms with van der Waals surface area (Å²) in [7, 11) is 0. The van der Waals surface area contributed by atoms with Crippen LogP contribution in [-0.4, -0.2) is 27.7 Å². The van der Waals surface area contributed by atoms with Gasteiger partial charge in [0.2, 0.25) is 0 Å². The fraction of sp³-hybridized carbons (Fsp3) is 0.417. The topological polar surface area (TPSA) is 101 Å². The zero-order valence-corrected chi connectivity index (χ0v) is 10.7. The number of nitrogens with one attached hydrogen (secondary N) is 1. The lowest BCUT2D eigenvalue weighted by atomic mass is 10.1. The van der Waals surface area contributed by atoms with E-state index >= 15 is 0 Å². The molecule has 0 aliphatic heterocycles. The minimum atomic E-state index is -0.480. The van der Waals surface area contributed by atoms with Crippen LogP contribution in [0.2, 0.25) is 0 Å². The van der Waals surface area contributed by atoms with Gasteiger partial charge in [0.1, 0.15) is 5.52 Å². The predicted octanol–water partition coefficient (Wildman–Crippen LogP) is 2.16. The lowest BCUT2D eigenvalue weighted by Crippen LogP contribution is -2.29. The van der Waals surface area contributed by atoms with Crippen LogP contribution >= 0.6 is 0 Å². The van der Waals surface area contributed by atoms with Crippen molar-refractivity contribution in [2.45, 2.75) is 19.9 Å². The normalized spacial score (nSPS) is 12.8. The van der Waals surface area contributed by atoms with Crippen LogP contribution in [0.5, 0.6) is 0 Å². The molecule has 1 atom stereocenters. The summed E-state index contributed by atoms with van der Waals surface area (Å²) in [5, 5.41) is 22.9. The second-order valence-electron chi connectivity index (χ2n) is 4.61. The van der Waals surface area contributed by atoms with Crippen LogP contribution in [-0.2, 0) is 0 Å². The molecule has 0 saturated heterocycles. The SMILES string of the molecule is CC(C)C(CO)Nc1nc2cc([N+](=O)[O-])ccc2o1. The van der Waals surface area contributed by atoms with Crippen LogP contribution in [0, 0.1) is 16.0 Å². The second kappa shape index (κ2) is 5.23. The molecular weight excluding hydrogens is 250 g/mol. The molecule has 0 fully saturated rings. The number of aliphatic hydroxyl groups excluding tert-OH is 1. The zero-order valence-electron chi connectivity index (χ0n) is 10.7. The fourth-order valence-corrected chi connectivity index (χ4v) is 1.67. The maximum absolute atomic E-state index is 10.7. The van der Waals surface area contributed by atoms with Gasteiger partial charge < -0.3 is 14.8 Å². The lowest BCUT2D eigenvalue weighted by Gasteiger charge is -2.18. The third-order valence-corrected chi connectivity index (χ3v) is 2.89. The van der Waals surface area contributed by atoms with Crippen LogP contribution in [0.3, 0.4) is 0 Å². The zero-order chi connectivity index (χ0) is 14.0. The molecule has 1 unspecified atom stereocenters. The molecule has 0 aliphatic carbocycles. The van der Waals surface area contributed by atoms with E-state index in [1.54, 1.807) is 0 Å². The summed E-state index contributed by atoms with van der Waals surface area (Å²) in [6.45, 7) is 3.87. The van der Waals surface area contributed by atoms with E-state index in [-0.39, 0.29) is 30.3 Å². The molecule has 19 heavy (non-hydrogen) atoms. The standard InChI is InChI=1S/C12H15N3O4/c1-7(2)10(6-16)14-12-13-9-5-8(15(17)18)3-4-11(9)19-12/h3-5,7,10,16H,6H2,1-2H3,(H,13,14). The van der Waals surface area contributed by atoms with Crippen molar-refractivity contribution in [3.05, 3.63) is 28.3 Å². The van der Waals surface area contributed by atoms with Gasteiger partial charge in [-0.25, -0.2) is 0 Å². The Bertz CT molecular complexity index is 594. The van der Waals surface area contributed by atoms with Gasteiger partial charge in [0, 0.05) is 12.1 Å². The summed E-state index contributed by atoms with van der Waals surface area (Å²) < 4.78 is 5.43. The first kappa shape index (κ1) is 13.3. The van der Waals surface area contributed by atoms with E-state index in [1.807, 2.05) is 13.8 Å². The van der Waals surface area contributed by atoms with Crippen molar-refractivity contribution in [2.24, 2.45) is 5.92 Å². The van der Waals surface area contributed by atoms with E-state index in [1.165, 1.54) is 18.2 Å². The third kappa shape index (κ3) is 2.82. The molecule has 7 heteroatoms. The van der Waals surface area contributed by atoms with Crippen molar-refractivity contribution in [2.75, 3.05) is 11.9 Å². The van der Waals surface area contributed by atoms with E-state index in [4.69, 9.17) is 4.42 Å². The minimum absolute atomic E-state index is 0.0325. The molecule has 2 aromatic rings. The number of fused-ring (bicyclic) bond motifs is 1. The fourth-order valence-electron chi connectivity index (χ4n) is 1.67. The average Bonchev–Trinajstić information content (AvgIpc) is 2.76. The maximum Gasteiger partial charge on any atom is 0.295 e. The van der Waals surface area contributed by atoms with E-state index < -0.39 is 4.92 Å². The molecule has 102 valence electrons. The molecule has 0 aliphatic rings. The highest BCUT2D eigenvalue weighted by atomic mass is 16.6. The van der Waals surface area contributed by atoms with E-state index in [0.717, 1.165) is 0 Å². The minimum Gasteiger partial charge on any atom is -0.424 e. The highest BCUT2D eigenvalue weighted by Crippen LogP contribution is 2.24. The van der Waals surface area contributed by atoms with Crippen molar-refractivity contribution < 1.29 is 14.4 Å². The summed E-state index contributed by atoms with van der Waals surface area (Å²) in [5.74, 6) is 0.203. The molecule has 0 bridgehead atoms. The Balaban J connectivity index is 2.28. The first-order valence-electron chi connectivity index (χ1n) is 5.93. The van der Waals surface area contributed by atoms with Crippen molar-refractivity contribution in [3.8, 4) is 0 Å². The summed E-state index contributed by atoms with van der Waals surface area (Å²) in [6, 6.07) is 4.30. The van der Waals surface area contributed by atoms with E-state index in [9.17, 15) is 15.2 Å². The van der Waals surface area contributed by atoms with Gasteiger partial charge in [0.05, 0.1) is 17.6 Å². The Hall–Kier alpha value is -2.15. The highest BCUT2D eigenvalue weighted by molar-refractivity contribution is 5.77. The van der Waals surface area contributed by atoms with Gasteiger partial charge >= 0.3 is 0 Å². The van der Waals surface area contributed by atoms with Crippen molar-refractivity contribution >= 4 is 22.8 Å². The number of hydrogen-bond donors (Lipinski definition) is 2. The summed E-state index contributed by atoms with van der Waals surface area (Å²) in [5.41, 5.74) is 0.848. The Kier molecular flexibility index (Phi) is 3.66. The first-order chi connectivity index (χ1) is 9.01. The monoisotopic (exact) mass is 265 g/mol. The quantitative estimate of drug-likeness (QED) is 0.634. The third-order valence-electron chi connectivity index (χ3n) is 2.89. The molecule has 2 N–H and O–H groups in total. The van der Waals surface area contributed by atoms with Crippen LogP contribution in [0.1, 0.15) is 13.8 Å². The van der Waals surface area contributed by atoms with Gasteiger partial charge in [-0.05, 0) is 12.0 Å². The average molecular weight is 265 g/mol. The Morgan fingerprint density at radius 3 is 2.84 bits per heavy atom. The van der Waals surface area contributed by atoms with E-state index in [0.29, 0.717) is 11.1 Å². The number of aliphatic hydroxyl groups is 1. The number of non-ortho nitro benzene ring substituents is 1. The van der Waals surface area contributed by atoms with Crippen molar-refractivity contribution in [1.82, 2.24) is 4.98 Å². The number of nitro groups is 1. The Morgan fingerprint density at radius 2 is 2.26 bits per heavy atom. The highest BCUT2D eigenvalue weighted by Gasteiger charge is 2.16.